The summed E-state index contributed by atoms with van der Waals surface area (Å²) in [6.07, 6.45) is 1.29. The number of aryl methyl sites for hydroxylation is 1. The smallest absolute Gasteiger partial charge is 0.231 e. The molecule has 100 valence electrons. The lowest BCUT2D eigenvalue weighted by atomic mass is 10.1. The molecule has 1 aliphatic rings. The van der Waals surface area contributed by atoms with Gasteiger partial charge in [-0.25, -0.2) is 4.98 Å². The number of hydrogen-bond donors (Lipinski definition) is 1. The predicted octanol–water partition coefficient (Wildman–Crippen LogP) is 1.30. The van der Waals surface area contributed by atoms with Crippen LogP contribution in [0, 0.1) is 0 Å². The average molecular weight is 261 g/mol. The average Bonchev–Trinajstić information content (AvgIpc) is 3.05. The molecular weight excluding hydrogens is 246 g/mol. The van der Waals surface area contributed by atoms with Gasteiger partial charge in [0.15, 0.2) is 11.5 Å². The van der Waals surface area contributed by atoms with E-state index in [1.54, 1.807) is 10.7 Å². The molecule has 6 nitrogen and oxygen atoms in total. The first-order valence-electron chi connectivity index (χ1n) is 6.22. The molecule has 0 saturated heterocycles. The Balaban J connectivity index is 1.79. The normalized spacial score (nSPS) is 14.6. The predicted molar refractivity (Wildman–Crippen MR) is 66.9 cm³/mol. The van der Waals surface area contributed by atoms with Crippen LogP contribution in [0.1, 0.15) is 24.4 Å². The zero-order chi connectivity index (χ0) is 13.2. The maximum Gasteiger partial charge on any atom is 0.231 e. The number of rotatable bonds is 4. The van der Waals surface area contributed by atoms with Gasteiger partial charge in [0.25, 0.3) is 0 Å². The summed E-state index contributed by atoms with van der Waals surface area (Å²) in [5.41, 5.74) is 0.787. The van der Waals surface area contributed by atoms with E-state index >= 15 is 0 Å². The Morgan fingerprint density at radius 3 is 3.05 bits per heavy atom. The van der Waals surface area contributed by atoms with Crippen molar-refractivity contribution in [2.75, 3.05) is 6.79 Å². The Labute approximate surface area is 110 Å². The molecule has 0 aliphatic carbocycles. The molecule has 1 atom stereocenters. The van der Waals surface area contributed by atoms with E-state index in [2.05, 4.69) is 10.1 Å². The lowest BCUT2D eigenvalue weighted by molar-refractivity contribution is 0.170. The van der Waals surface area contributed by atoms with Crippen molar-refractivity contribution in [3.63, 3.8) is 0 Å². The van der Waals surface area contributed by atoms with Crippen LogP contribution < -0.4 is 9.47 Å². The first-order chi connectivity index (χ1) is 9.28. The first-order valence-corrected chi connectivity index (χ1v) is 6.22. The molecular formula is C13H15N3O3. The molecule has 0 saturated carbocycles. The zero-order valence-corrected chi connectivity index (χ0v) is 10.6. The van der Waals surface area contributed by atoms with Gasteiger partial charge in [-0.2, -0.15) is 5.10 Å². The summed E-state index contributed by atoms with van der Waals surface area (Å²) in [6.45, 7) is 2.97. The van der Waals surface area contributed by atoms with Crippen molar-refractivity contribution in [2.24, 2.45) is 0 Å². The molecule has 1 aliphatic heterocycles. The molecule has 0 radical (unpaired) electrons. The van der Waals surface area contributed by atoms with Gasteiger partial charge < -0.3 is 14.6 Å². The van der Waals surface area contributed by atoms with Gasteiger partial charge in [-0.05, 0) is 24.6 Å². The van der Waals surface area contributed by atoms with Crippen molar-refractivity contribution in [3.8, 4) is 11.5 Å². The standard InChI is InChI=1S/C13H15N3O3/c1-2-16-13(14-7-15-16)6-10(17)9-3-4-11-12(5-9)19-8-18-11/h3-5,7,10,17H,2,6,8H2,1H3. The second-order valence-electron chi connectivity index (χ2n) is 4.32. The third-order valence-corrected chi connectivity index (χ3v) is 3.15. The van der Waals surface area contributed by atoms with Crippen LogP contribution in [0.2, 0.25) is 0 Å². The molecule has 1 aromatic carbocycles. The fourth-order valence-electron chi connectivity index (χ4n) is 2.12. The van der Waals surface area contributed by atoms with Crippen LogP contribution in [0.5, 0.6) is 11.5 Å². The summed E-state index contributed by atoms with van der Waals surface area (Å²) >= 11 is 0. The van der Waals surface area contributed by atoms with E-state index in [9.17, 15) is 5.11 Å². The lowest BCUT2D eigenvalue weighted by Gasteiger charge is -2.11. The van der Waals surface area contributed by atoms with Gasteiger partial charge in [0.1, 0.15) is 12.2 Å². The molecule has 0 amide bonds. The second-order valence-corrected chi connectivity index (χ2v) is 4.32. The van der Waals surface area contributed by atoms with Gasteiger partial charge in [-0.15, -0.1) is 0 Å². The Kier molecular flexibility index (Phi) is 3.08. The highest BCUT2D eigenvalue weighted by Crippen LogP contribution is 2.34. The Morgan fingerprint density at radius 1 is 1.37 bits per heavy atom. The van der Waals surface area contributed by atoms with Crippen molar-refractivity contribution in [2.45, 2.75) is 26.0 Å². The van der Waals surface area contributed by atoms with Crippen molar-refractivity contribution in [3.05, 3.63) is 35.9 Å². The van der Waals surface area contributed by atoms with E-state index < -0.39 is 6.10 Å². The highest BCUT2D eigenvalue weighted by Gasteiger charge is 2.18. The van der Waals surface area contributed by atoms with Crippen LogP contribution in [-0.4, -0.2) is 26.7 Å². The molecule has 0 spiro atoms. The number of ether oxygens (including phenoxy) is 2. The third-order valence-electron chi connectivity index (χ3n) is 3.15. The molecule has 2 aromatic rings. The van der Waals surface area contributed by atoms with Gasteiger partial charge in [0.05, 0.1) is 6.10 Å². The van der Waals surface area contributed by atoms with E-state index in [0.29, 0.717) is 17.9 Å². The van der Waals surface area contributed by atoms with Crippen molar-refractivity contribution in [1.29, 1.82) is 0 Å². The number of aliphatic hydroxyl groups excluding tert-OH is 1. The molecule has 3 rings (SSSR count). The van der Waals surface area contributed by atoms with Crippen LogP contribution in [0.25, 0.3) is 0 Å². The molecule has 2 heterocycles. The largest absolute Gasteiger partial charge is 0.454 e. The third kappa shape index (κ3) is 2.26. The van der Waals surface area contributed by atoms with E-state index in [1.807, 2.05) is 19.1 Å². The van der Waals surface area contributed by atoms with Gasteiger partial charge in [0.2, 0.25) is 6.79 Å². The number of hydrogen-bond acceptors (Lipinski definition) is 5. The molecule has 6 heteroatoms. The summed E-state index contributed by atoms with van der Waals surface area (Å²) in [7, 11) is 0. The molecule has 1 unspecified atom stereocenters. The summed E-state index contributed by atoms with van der Waals surface area (Å²) < 4.78 is 12.3. The fourth-order valence-corrected chi connectivity index (χ4v) is 2.12. The summed E-state index contributed by atoms with van der Waals surface area (Å²) in [6, 6.07) is 5.45. The Morgan fingerprint density at radius 2 is 2.21 bits per heavy atom. The van der Waals surface area contributed by atoms with Crippen LogP contribution in [0.15, 0.2) is 24.5 Å². The number of aliphatic hydroxyl groups is 1. The minimum atomic E-state index is -0.635. The number of nitrogens with zero attached hydrogens (tertiary/aromatic N) is 3. The topological polar surface area (TPSA) is 69.4 Å². The molecule has 1 aromatic heterocycles. The van der Waals surface area contributed by atoms with E-state index in [4.69, 9.17) is 9.47 Å². The summed E-state index contributed by atoms with van der Waals surface area (Å²) in [5, 5.41) is 14.4. The van der Waals surface area contributed by atoms with Crippen molar-refractivity contribution in [1.82, 2.24) is 14.8 Å². The summed E-state index contributed by atoms with van der Waals surface area (Å²) in [4.78, 5) is 4.16. The fraction of sp³-hybridized carbons (Fsp3) is 0.385. The lowest BCUT2D eigenvalue weighted by Crippen LogP contribution is -2.09. The van der Waals surface area contributed by atoms with Gasteiger partial charge in [-0.1, -0.05) is 6.07 Å². The van der Waals surface area contributed by atoms with Crippen LogP contribution in [0.3, 0.4) is 0 Å². The minimum Gasteiger partial charge on any atom is -0.454 e. The highest BCUT2D eigenvalue weighted by molar-refractivity contribution is 5.45. The Bertz CT molecular complexity index is 582. The van der Waals surface area contributed by atoms with Gasteiger partial charge in [0, 0.05) is 13.0 Å². The highest BCUT2D eigenvalue weighted by atomic mass is 16.7. The number of aromatic nitrogens is 3. The van der Waals surface area contributed by atoms with Crippen molar-refractivity contribution < 1.29 is 14.6 Å². The van der Waals surface area contributed by atoms with Gasteiger partial charge >= 0.3 is 0 Å². The molecule has 1 N–H and O–H groups in total. The van der Waals surface area contributed by atoms with Crippen LogP contribution in [0.4, 0.5) is 0 Å². The zero-order valence-electron chi connectivity index (χ0n) is 10.6. The molecule has 0 bridgehead atoms. The van der Waals surface area contributed by atoms with E-state index in [1.165, 1.54) is 6.33 Å². The molecule has 19 heavy (non-hydrogen) atoms. The first kappa shape index (κ1) is 12.0. The number of fused-ring (bicyclic) bond motifs is 1. The van der Waals surface area contributed by atoms with Crippen molar-refractivity contribution >= 4 is 0 Å². The van der Waals surface area contributed by atoms with E-state index in [-0.39, 0.29) is 6.79 Å². The monoisotopic (exact) mass is 261 g/mol. The second kappa shape index (κ2) is 4.89. The number of benzene rings is 1. The van der Waals surface area contributed by atoms with Crippen LogP contribution in [-0.2, 0) is 13.0 Å². The maximum atomic E-state index is 10.3. The summed E-state index contributed by atoms with van der Waals surface area (Å²) in [5.74, 6) is 2.16. The van der Waals surface area contributed by atoms with Gasteiger partial charge in [-0.3, -0.25) is 4.68 Å². The SMILES string of the molecule is CCn1ncnc1CC(O)c1ccc2c(c1)OCO2. The van der Waals surface area contributed by atoms with Crippen LogP contribution >= 0.6 is 0 Å². The van der Waals surface area contributed by atoms with E-state index in [0.717, 1.165) is 17.9 Å². The quantitative estimate of drug-likeness (QED) is 0.898. The minimum absolute atomic E-state index is 0.235. The maximum absolute atomic E-state index is 10.3. The Hall–Kier alpha value is -2.08. The molecule has 0 fully saturated rings.